The zero-order valence-electron chi connectivity index (χ0n) is 17.9. The van der Waals surface area contributed by atoms with Gasteiger partial charge in [-0.3, -0.25) is 9.67 Å². The Morgan fingerprint density at radius 2 is 1.70 bits per heavy atom. The number of ether oxygens (including phenoxy) is 2. The molecule has 3 aromatic carbocycles. The Kier molecular flexibility index (Phi) is 6.35. The van der Waals surface area contributed by atoms with E-state index in [2.05, 4.69) is 45.2 Å². The smallest absolute Gasteiger partial charge is 0.165 e. The molecule has 0 N–H and O–H groups in total. The fourth-order valence-corrected chi connectivity index (χ4v) is 3.98. The van der Waals surface area contributed by atoms with Crippen LogP contribution >= 0.6 is 15.9 Å². The van der Waals surface area contributed by atoms with Crippen molar-refractivity contribution in [1.29, 1.82) is 0 Å². The third-order valence-electron chi connectivity index (χ3n) is 5.26. The van der Waals surface area contributed by atoms with E-state index in [0.29, 0.717) is 19.8 Å². The minimum absolute atomic E-state index is 0.434. The van der Waals surface area contributed by atoms with Crippen LogP contribution in [-0.4, -0.2) is 21.4 Å². The molecule has 0 saturated carbocycles. The Labute approximate surface area is 200 Å². The van der Waals surface area contributed by atoms with Gasteiger partial charge in [-0.2, -0.15) is 5.10 Å². The molecule has 33 heavy (non-hydrogen) atoms. The number of benzene rings is 3. The first-order valence-corrected chi connectivity index (χ1v) is 11.5. The van der Waals surface area contributed by atoms with E-state index in [1.165, 1.54) is 5.39 Å². The molecule has 0 radical (unpaired) electrons. The summed E-state index contributed by atoms with van der Waals surface area (Å²) < 4.78 is 15.1. The quantitative estimate of drug-likeness (QED) is 0.244. The van der Waals surface area contributed by atoms with E-state index < -0.39 is 0 Å². The first kappa shape index (κ1) is 21.2. The molecule has 0 amide bonds. The predicted molar refractivity (Wildman–Crippen MR) is 133 cm³/mol. The van der Waals surface area contributed by atoms with Crippen molar-refractivity contribution in [3.05, 3.63) is 107 Å². The van der Waals surface area contributed by atoms with Gasteiger partial charge in [-0.05, 0) is 41.1 Å². The molecule has 164 valence electrons. The molecule has 0 fully saturated rings. The van der Waals surface area contributed by atoms with Gasteiger partial charge in [0.2, 0.25) is 0 Å². The highest BCUT2D eigenvalue weighted by molar-refractivity contribution is 9.10. The van der Waals surface area contributed by atoms with Gasteiger partial charge in [0.05, 0.1) is 12.7 Å². The molecule has 5 rings (SSSR count). The molecule has 5 aromatic rings. The van der Waals surface area contributed by atoms with Crippen molar-refractivity contribution in [1.82, 2.24) is 14.8 Å². The summed E-state index contributed by atoms with van der Waals surface area (Å²) in [6, 6.07) is 26.3. The molecule has 0 aliphatic carbocycles. The van der Waals surface area contributed by atoms with E-state index in [0.717, 1.165) is 38.2 Å². The summed E-state index contributed by atoms with van der Waals surface area (Å²) in [6.07, 6.45) is 5.49. The minimum atomic E-state index is 0.434. The Morgan fingerprint density at radius 3 is 2.55 bits per heavy atom. The van der Waals surface area contributed by atoms with Crippen molar-refractivity contribution in [3.63, 3.8) is 0 Å². The molecule has 0 atom stereocenters. The number of rotatable bonds is 8. The average Bonchev–Trinajstić information content (AvgIpc) is 3.27. The zero-order valence-corrected chi connectivity index (χ0v) is 19.5. The van der Waals surface area contributed by atoms with Crippen molar-refractivity contribution < 1.29 is 9.47 Å². The molecule has 0 aliphatic rings. The Balaban J connectivity index is 1.29. The second-order valence-electron chi connectivity index (χ2n) is 7.62. The van der Waals surface area contributed by atoms with Crippen molar-refractivity contribution in [3.8, 4) is 22.8 Å². The molecule has 0 bridgehead atoms. The highest BCUT2D eigenvalue weighted by Crippen LogP contribution is 2.29. The standard InChI is InChI=1S/C27H22BrN3O2/c28-24-10-8-23-16-25(11-9-22(23)15-24)32-14-13-31-18-26(33-19-20-5-4-12-29-17-20)27(30-31)21-6-2-1-3-7-21/h1-12,15-18H,13-14,19H2. The number of hydrogen-bond donors (Lipinski definition) is 0. The van der Waals surface area contributed by atoms with Crippen LogP contribution in [0.4, 0.5) is 0 Å². The molecule has 6 heteroatoms. The largest absolute Gasteiger partial charge is 0.492 e. The molecule has 0 saturated heterocycles. The van der Waals surface area contributed by atoms with Crippen LogP contribution in [0.1, 0.15) is 5.56 Å². The molecule has 2 heterocycles. The van der Waals surface area contributed by atoms with Crippen LogP contribution in [0.25, 0.3) is 22.0 Å². The summed E-state index contributed by atoms with van der Waals surface area (Å²) in [6.45, 7) is 1.54. The van der Waals surface area contributed by atoms with Gasteiger partial charge in [0.15, 0.2) is 5.75 Å². The van der Waals surface area contributed by atoms with Crippen molar-refractivity contribution >= 4 is 26.7 Å². The lowest BCUT2D eigenvalue weighted by Crippen LogP contribution is -2.08. The molecule has 5 nitrogen and oxygen atoms in total. The first-order valence-electron chi connectivity index (χ1n) is 10.7. The monoisotopic (exact) mass is 499 g/mol. The minimum Gasteiger partial charge on any atom is -0.492 e. The van der Waals surface area contributed by atoms with Crippen molar-refractivity contribution in [2.45, 2.75) is 13.2 Å². The summed E-state index contributed by atoms with van der Waals surface area (Å²) >= 11 is 3.51. The summed E-state index contributed by atoms with van der Waals surface area (Å²) in [5, 5.41) is 7.09. The van der Waals surface area contributed by atoms with Gasteiger partial charge in [-0.15, -0.1) is 0 Å². The van der Waals surface area contributed by atoms with Crippen LogP contribution in [0.15, 0.2) is 102 Å². The number of nitrogens with zero attached hydrogens (tertiary/aromatic N) is 3. The number of halogens is 1. The normalized spacial score (nSPS) is 10.9. The highest BCUT2D eigenvalue weighted by Gasteiger charge is 2.13. The van der Waals surface area contributed by atoms with Crippen LogP contribution in [0.5, 0.6) is 11.5 Å². The van der Waals surface area contributed by atoms with Crippen LogP contribution in [-0.2, 0) is 13.2 Å². The van der Waals surface area contributed by atoms with Gasteiger partial charge < -0.3 is 9.47 Å². The van der Waals surface area contributed by atoms with Gasteiger partial charge in [0.1, 0.15) is 24.7 Å². The fraction of sp³-hybridized carbons (Fsp3) is 0.111. The Bertz CT molecular complexity index is 1350. The number of fused-ring (bicyclic) bond motifs is 1. The second-order valence-corrected chi connectivity index (χ2v) is 8.54. The number of aromatic nitrogens is 3. The van der Waals surface area contributed by atoms with Gasteiger partial charge in [0.25, 0.3) is 0 Å². The van der Waals surface area contributed by atoms with Gasteiger partial charge in [-0.1, -0.05) is 64.5 Å². The van der Waals surface area contributed by atoms with E-state index in [4.69, 9.17) is 14.6 Å². The van der Waals surface area contributed by atoms with Crippen LogP contribution in [0, 0.1) is 0 Å². The SMILES string of the molecule is Brc1ccc2cc(OCCn3cc(OCc4cccnc4)c(-c4ccccc4)n3)ccc2c1. The van der Waals surface area contributed by atoms with Crippen LogP contribution in [0.3, 0.4) is 0 Å². The summed E-state index contributed by atoms with van der Waals surface area (Å²) in [5.74, 6) is 1.58. The van der Waals surface area contributed by atoms with E-state index in [9.17, 15) is 0 Å². The molecule has 2 aromatic heterocycles. The van der Waals surface area contributed by atoms with E-state index in [1.807, 2.05) is 71.7 Å². The van der Waals surface area contributed by atoms with Crippen LogP contribution < -0.4 is 9.47 Å². The summed E-state index contributed by atoms with van der Waals surface area (Å²) in [5.41, 5.74) is 2.84. The van der Waals surface area contributed by atoms with Gasteiger partial charge in [-0.25, -0.2) is 0 Å². The van der Waals surface area contributed by atoms with E-state index in [-0.39, 0.29) is 0 Å². The lowest BCUT2D eigenvalue weighted by Gasteiger charge is -2.08. The third-order valence-corrected chi connectivity index (χ3v) is 5.75. The second kappa shape index (κ2) is 9.88. The lowest BCUT2D eigenvalue weighted by molar-refractivity contribution is 0.289. The van der Waals surface area contributed by atoms with Crippen molar-refractivity contribution in [2.75, 3.05) is 6.61 Å². The van der Waals surface area contributed by atoms with Crippen LogP contribution in [0.2, 0.25) is 0 Å². The predicted octanol–water partition coefficient (Wildman–Crippen LogP) is 6.52. The maximum Gasteiger partial charge on any atom is 0.165 e. The van der Waals surface area contributed by atoms with Gasteiger partial charge in [0, 0.05) is 28.0 Å². The number of hydrogen-bond acceptors (Lipinski definition) is 4. The topological polar surface area (TPSA) is 49.2 Å². The Hall–Kier alpha value is -3.64. The van der Waals surface area contributed by atoms with E-state index >= 15 is 0 Å². The zero-order chi connectivity index (χ0) is 22.5. The van der Waals surface area contributed by atoms with E-state index in [1.54, 1.807) is 6.20 Å². The average molecular weight is 500 g/mol. The fourth-order valence-electron chi connectivity index (χ4n) is 3.61. The van der Waals surface area contributed by atoms with Gasteiger partial charge >= 0.3 is 0 Å². The van der Waals surface area contributed by atoms with Crippen molar-refractivity contribution in [2.24, 2.45) is 0 Å². The maximum atomic E-state index is 6.11. The summed E-state index contributed by atoms with van der Waals surface area (Å²) in [4.78, 5) is 4.16. The molecular weight excluding hydrogens is 478 g/mol. The first-order chi connectivity index (χ1) is 16.2. The number of pyridine rings is 1. The molecular formula is C27H22BrN3O2. The third kappa shape index (κ3) is 5.23. The molecule has 0 spiro atoms. The molecule has 0 unspecified atom stereocenters. The highest BCUT2D eigenvalue weighted by atomic mass is 79.9. The molecule has 0 aliphatic heterocycles. The summed E-state index contributed by atoms with van der Waals surface area (Å²) in [7, 11) is 0. The maximum absolute atomic E-state index is 6.11. The lowest BCUT2D eigenvalue weighted by atomic mass is 10.1. The Morgan fingerprint density at radius 1 is 0.848 bits per heavy atom.